The fourth-order valence-electron chi connectivity index (χ4n) is 4.70. The Kier molecular flexibility index (Phi) is 9.71. The molecule has 10 heteroatoms. The zero-order chi connectivity index (χ0) is 29.5. The van der Waals surface area contributed by atoms with E-state index in [4.69, 9.17) is 31.2 Å². The molecule has 42 heavy (non-hydrogen) atoms. The van der Waals surface area contributed by atoms with E-state index >= 15 is 0 Å². The van der Waals surface area contributed by atoms with Crippen molar-refractivity contribution in [2.45, 2.75) is 50.6 Å². The normalized spacial score (nSPS) is 14.2. The van der Waals surface area contributed by atoms with Crippen LogP contribution in [0.2, 0.25) is 5.02 Å². The molecule has 0 bridgehead atoms. The molecule has 0 aliphatic carbocycles. The van der Waals surface area contributed by atoms with Crippen molar-refractivity contribution in [3.05, 3.63) is 100 Å². The molecule has 0 fully saturated rings. The SMILES string of the molecule is CCCCOc1cccc(C2C(C(=O)Nc3ccccc3OCC)=C(C)Nc3nc(SCc4ccccc4Cl)nn32)c1. The summed E-state index contributed by atoms with van der Waals surface area (Å²) in [6.07, 6.45) is 2.00. The third-order valence-electron chi connectivity index (χ3n) is 6.77. The minimum absolute atomic E-state index is 0.263. The van der Waals surface area contributed by atoms with Crippen LogP contribution in [0, 0.1) is 0 Å². The Hall–Kier alpha value is -3.95. The van der Waals surface area contributed by atoms with Crippen molar-refractivity contribution in [1.29, 1.82) is 0 Å². The van der Waals surface area contributed by atoms with Gasteiger partial charge in [-0.05, 0) is 61.7 Å². The average Bonchev–Trinajstić information content (AvgIpc) is 3.39. The first kappa shape index (κ1) is 29.5. The lowest BCUT2D eigenvalue weighted by Crippen LogP contribution is -2.31. The smallest absolute Gasteiger partial charge is 0.255 e. The fraction of sp³-hybridized carbons (Fsp3) is 0.281. The largest absolute Gasteiger partial charge is 0.494 e. The molecule has 8 nitrogen and oxygen atoms in total. The molecule has 5 rings (SSSR count). The summed E-state index contributed by atoms with van der Waals surface area (Å²) in [6.45, 7) is 7.04. The molecule has 1 atom stereocenters. The number of hydrogen-bond acceptors (Lipinski definition) is 7. The molecule has 0 saturated carbocycles. The lowest BCUT2D eigenvalue weighted by Gasteiger charge is -2.29. The number of hydrogen-bond donors (Lipinski definition) is 2. The summed E-state index contributed by atoms with van der Waals surface area (Å²) in [5.41, 5.74) is 3.67. The van der Waals surface area contributed by atoms with E-state index in [1.54, 1.807) is 4.68 Å². The summed E-state index contributed by atoms with van der Waals surface area (Å²) in [7, 11) is 0. The average molecular weight is 604 g/mol. The molecule has 0 radical (unpaired) electrons. The van der Waals surface area contributed by atoms with E-state index in [0.717, 1.165) is 29.7 Å². The summed E-state index contributed by atoms with van der Waals surface area (Å²) in [5, 5.41) is 12.5. The summed E-state index contributed by atoms with van der Waals surface area (Å²) in [5.74, 6) is 2.26. The Labute approximate surface area is 255 Å². The van der Waals surface area contributed by atoms with Gasteiger partial charge in [-0.15, -0.1) is 5.10 Å². The zero-order valence-corrected chi connectivity index (χ0v) is 25.5. The number of para-hydroxylation sites is 2. The molecule has 2 N–H and O–H groups in total. The number of nitrogens with zero attached hydrogens (tertiary/aromatic N) is 3. The van der Waals surface area contributed by atoms with Crippen molar-refractivity contribution in [2.24, 2.45) is 0 Å². The van der Waals surface area contributed by atoms with Crippen molar-refractivity contribution in [3.63, 3.8) is 0 Å². The Bertz CT molecular complexity index is 1590. The van der Waals surface area contributed by atoms with Gasteiger partial charge in [-0.2, -0.15) is 4.98 Å². The summed E-state index contributed by atoms with van der Waals surface area (Å²) >= 11 is 7.87. The van der Waals surface area contributed by atoms with Crippen LogP contribution < -0.4 is 20.1 Å². The second-order valence-corrected chi connectivity index (χ2v) is 11.1. The number of ether oxygens (including phenoxy) is 2. The van der Waals surface area contributed by atoms with Crippen molar-refractivity contribution in [1.82, 2.24) is 14.8 Å². The van der Waals surface area contributed by atoms with Crippen LogP contribution >= 0.6 is 23.4 Å². The molecule has 3 aromatic carbocycles. The number of nitrogens with one attached hydrogen (secondary N) is 2. The number of carbonyl (C=O) groups is 1. The summed E-state index contributed by atoms with van der Waals surface area (Å²) in [6, 6.07) is 22.4. The molecule has 0 saturated heterocycles. The van der Waals surface area contributed by atoms with E-state index in [1.807, 2.05) is 86.6 Å². The van der Waals surface area contributed by atoms with Gasteiger partial charge < -0.3 is 20.1 Å². The maximum Gasteiger partial charge on any atom is 0.255 e. The third-order valence-corrected chi connectivity index (χ3v) is 8.02. The van der Waals surface area contributed by atoms with Gasteiger partial charge in [-0.3, -0.25) is 4.79 Å². The fourth-order valence-corrected chi connectivity index (χ4v) is 5.82. The lowest BCUT2D eigenvalue weighted by atomic mass is 9.94. The number of benzene rings is 3. The number of rotatable bonds is 12. The van der Waals surface area contributed by atoms with Gasteiger partial charge in [0.15, 0.2) is 0 Å². The van der Waals surface area contributed by atoms with Crippen molar-refractivity contribution >= 4 is 40.9 Å². The zero-order valence-electron chi connectivity index (χ0n) is 23.9. The van der Waals surface area contributed by atoms with Crippen LogP contribution in [0.4, 0.5) is 11.6 Å². The maximum atomic E-state index is 14.0. The first-order valence-electron chi connectivity index (χ1n) is 14.0. The molecule has 1 aliphatic rings. The monoisotopic (exact) mass is 603 g/mol. The van der Waals surface area contributed by atoms with Gasteiger partial charge in [0.05, 0.1) is 24.5 Å². The van der Waals surface area contributed by atoms with E-state index in [2.05, 4.69) is 17.6 Å². The van der Waals surface area contributed by atoms with Crippen molar-refractivity contribution in [2.75, 3.05) is 23.8 Å². The Morgan fingerprint density at radius 1 is 1.07 bits per heavy atom. The van der Waals surface area contributed by atoms with Crippen LogP contribution in [0.3, 0.4) is 0 Å². The highest BCUT2D eigenvalue weighted by Crippen LogP contribution is 2.39. The van der Waals surface area contributed by atoms with Crippen LogP contribution in [0.1, 0.15) is 50.8 Å². The quantitative estimate of drug-likeness (QED) is 0.126. The number of aromatic nitrogens is 3. The lowest BCUT2D eigenvalue weighted by molar-refractivity contribution is -0.113. The highest BCUT2D eigenvalue weighted by atomic mass is 35.5. The standard InChI is InChI=1S/C32H34ClN5O3S/c1-4-6-18-41-24-14-11-13-22(19-24)29-28(30(39)35-26-16-9-10-17-27(26)40-5-2)21(3)34-31-36-32(37-38(29)31)42-20-23-12-7-8-15-25(23)33/h7-17,19,29H,4-6,18,20H2,1-3H3,(H,35,39)(H,34,36,37). The van der Waals surface area contributed by atoms with Crippen LogP contribution in [0.5, 0.6) is 11.5 Å². The molecule has 1 aromatic heterocycles. The maximum absolute atomic E-state index is 14.0. The molecule has 2 heterocycles. The van der Waals surface area contributed by atoms with Crippen LogP contribution in [0.25, 0.3) is 0 Å². The number of carbonyl (C=O) groups excluding carboxylic acids is 1. The number of halogens is 1. The number of unbranched alkanes of at least 4 members (excludes halogenated alkanes) is 1. The number of fused-ring (bicyclic) bond motifs is 1. The van der Waals surface area contributed by atoms with E-state index in [1.165, 1.54) is 11.8 Å². The highest BCUT2D eigenvalue weighted by Gasteiger charge is 2.35. The second-order valence-electron chi connectivity index (χ2n) is 9.77. The van der Waals surface area contributed by atoms with E-state index in [9.17, 15) is 4.79 Å². The molecular weight excluding hydrogens is 570 g/mol. The van der Waals surface area contributed by atoms with Gasteiger partial charge in [0, 0.05) is 16.5 Å². The molecule has 0 spiro atoms. The molecule has 4 aromatic rings. The van der Waals surface area contributed by atoms with E-state index in [-0.39, 0.29) is 5.91 Å². The van der Waals surface area contributed by atoms with E-state index in [0.29, 0.717) is 57.8 Å². The predicted octanol–water partition coefficient (Wildman–Crippen LogP) is 7.73. The Morgan fingerprint density at radius 2 is 1.88 bits per heavy atom. The third kappa shape index (κ3) is 6.74. The molecule has 1 amide bonds. The molecule has 218 valence electrons. The van der Waals surface area contributed by atoms with Crippen molar-refractivity contribution < 1.29 is 14.3 Å². The summed E-state index contributed by atoms with van der Waals surface area (Å²) < 4.78 is 13.5. The van der Waals surface area contributed by atoms with Gasteiger partial charge in [0.1, 0.15) is 17.5 Å². The van der Waals surface area contributed by atoms with Gasteiger partial charge in [0.2, 0.25) is 11.1 Å². The first-order valence-corrected chi connectivity index (χ1v) is 15.4. The Morgan fingerprint density at radius 3 is 2.69 bits per heavy atom. The number of amides is 1. The van der Waals surface area contributed by atoms with Crippen LogP contribution in [0.15, 0.2) is 89.2 Å². The van der Waals surface area contributed by atoms with Gasteiger partial charge in [-0.25, -0.2) is 4.68 Å². The van der Waals surface area contributed by atoms with Gasteiger partial charge in [0.25, 0.3) is 5.91 Å². The van der Waals surface area contributed by atoms with E-state index < -0.39 is 6.04 Å². The Balaban J connectivity index is 1.50. The number of allylic oxidation sites excluding steroid dienone is 1. The molecule has 1 unspecified atom stereocenters. The number of anilines is 2. The predicted molar refractivity (Wildman–Crippen MR) is 169 cm³/mol. The molecule has 1 aliphatic heterocycles. The minimum Gasteiger partial charge on any atom is -0.494 e. The summed E-state index contributed by atoms with van der Waals surface area (Å²) in [4.78, 5) is 18.8. The minimum atomic E-state index is -0.544. The van der Waals surface area contributed by atoms with Crippen LogP contribution in [-0.2, 0) is 10.5 Å². The number of thioether (sulfide) groups is 1. The van der Waals surface area contributed by atoms with Gasteiger partial charge in [-0.1, -0.05) is 79.2 Å². The molecular formula is C32H34ClN5O3S. The van der Waals surface area contributed by atoms with Crippen LogP contribution in [-0.4, -0.2) is 33.9 Å². The van der Waals surface area contributed by atoms with Gasteiger partial charge >= 0.3 is 0 Å². The highest BCUT2D eigenvalue weighted by molar-refractivity contribution is 7.98. The second kappa shape index (κ2) is 13.8. The first-order chi connectivity index (χ1) is 20.5. The topological polar surface area (TPSA) is 90.3 Å². The van der Waals surface area contributed by atoms with Crippen molar-refractivity contribution in [3.8, 4) is 11.5 Å².